The predicted octanol–water partition coefficient (Wildman–Crippen LogP) is 2.80. The molecule has 1 aromatic carbocycles. The molecule has 0 radical (unpaired) electrons. The zero-order valence-corrected chi connectivity index (χ0v) is 13.2. The van der Waals surface area contributed by atoms with Crippen LogP contribution in [0.3, 0.4) is 0 Å². The van der Waals surface area contributed by atoms with Crippen molar-refractivity contribution >= 4 is 18.3 Å². The highest BCUT2D eigenvalue weighted by atomic mass is 35.5. The van der Waals surface area contributed by atoms with Gasteiger partial charge in [-0.3, -0.25) is 4.79 Å². The van der Waals surface area contributed by atoms with Crippen molar-refractivity contribution in [3.05, 3.63) is 35.9 Å². The molecule has 1 fully saturated rings. The van der Waals surface area contributed by atoms with E-state index in [0.29, 0.717) is 12.0 Å². The molecule has 3 nitrogen and oxygen atoms in total. The van der Waals surface area contributed by atoms with Crippen LogP contribution in [0.25, 0.3) is 0 Å². The van der Waals surface area contributed by atoms with Crippen LogP contribution in [0.4, 0.5) is 0 Å². The van der Waals surface area contributed by atoms with Crippen LogP contribution < -0.4 is 5.73 Å². The first-order valence-corrected chi connectivity index (χ1v) is 7.07. The number of likely N-dealkylation sites (tertiary alicyclic amines) is 1. The van der Waals surface area contributed by atoms with Crippen molar-refractivity contribution < 1.29 is 4.79 Å². The number of carbonyl (C=O) groups is 1. The highest BCUT2D eigenvalue weighted by Gasteiger charge is 2.31. The highest BCUT2D eigenvalue weighted by molar-refractivity contribution is 5.85. The summed E-state index contributed by atoms with van der Waals surface area (Å²) in [6.07, 6.45) is 2.15. The molecular formula is C16H25ClN2O. The average Bonchev–Trinajstić information content (AvgIpc) is 2.40. The largest absolute Gasteiger partial charge is 0.342 e. The Labute approximate surface area is 127 Å². The number of nitrogens with two attached hydrogens (primary N) is 1. The van der Waals surface area contributed by atoms with E-state index in [9.17, 15) is 4.79 Å². The second kappa shape index (κ2) is 7.09. The van der Waals surface area contributed by atoms with Crippen LogP contribution in [-0.4, -0.2) is 30.4 Å². The number of nitrogens with zero attached hydrogens (tertiary/aromatic N) is 1. The van der Waals surface area contributed by atoms with Crippen LogP contribution in [0.5, 0.6) is 0 Å². The zero-order chi connectivity index (χ0) is 13.9. The summed E-state index contributed by atoms with van der Waals surface area (Å²) in [7, 11) is 0. The minimum Gasteiger partial charge on any atom is -0.342 e. The number of halogens is 1. The molecule has 1 atom stereocenters. The number of benzene rings is 1. The van der Waals surface area contributed by atoms with Crippen molar-refractivity contribution in [1.29, 1.82) is 0 Å². The van der Waals surface area contributed by atoms with Gasteiger partial charge in [-0.2, -0.15) is 0 Å². The van der Waals surface area contributed by atoms with E-state index < -0.39 is 0 Å². The maximum Gasteiger partial charge on any atom is 0.231 e. The van der Waals surface area contributed by atoms with Crippen LogP contribution in [0, 0.1) is 5.41 Å². The summed E-state index contributed by atoms with van der Waals surface area (Å²) < 4.78 is 0. The molecular weight excluding hydrogens is 272 g/mol. The van der Waals surface area contributed by atoms with Crippen LogP contribution in [0.15, 0.2) is 30.3 Å². The van der Waals surface area contributed by atoms with Crippen molar-refractivity contribution in [2.75, 3.05) is 19.6 Å². The second-order valence-corrected chi connectivity index (χ2v) is 6.19. The predicted molar refractivity (Wildman–Crippen MR) is 85.1 cm³/mol. The maximum atomic E-state index is 12.6. The molecule has 20 heavy (non-hydrogen) atoms. The molecule has 1 amide bonds. The monoisotopic (exact) mass is 296 g/mol. The minimum atomic E-state index is -0.192. The Bertz CT molecular complexity index is 423. The van der Waals surface area contributed by atoms with Gasteiger partial charge < -0.3 is 10.6 Å². The summed E-state index contributed by atoms with van der Waals surface area (Å²) in [5.41, 5.74) is 7.21. The van der Waals surface area contributed by atoms with Crippen molar-refractivity contribution in [3.63, 3.8) is 0 Å². The SMILES string of the molecule is CC1(C)CCN(C(=O)C(CN)c2ccccc2)CC1.Cl. The minimum absolute atomic E-state index is 0. The van der Waals surface area contributed by atoms with Crippen LogP contribution >= 0.6 is 12.4 Å². The molecule has 0 aliphatic carbocycles. The molecule has 1 heterocycles. The Kier molecular flexibility index (Phi) is 6.03. The van der Waals surface area contributed by atoms with E-state index in [1.807, 2.05) is 35.2 Å². The van der Waals surface area contributed by atoms with E-state index in [-0.39, 0.29) is 24.2 Å². The normalized spacial score (nSPS) is 19.1. The first-order chi connectivity index (χ1) is 9.03. The first kappa shape index (κ1) is 17.0. The van der Waals surface area contributed by atoms with Gasteiger partial charge in [-0.1, -0.05) is 44.2 Å². The van der Waals surface area contributed by atoms with E-state index in [4.69, 9.17) is 5.73 Å². The number of amides is 1. The van der Waals surface area contributed by atoms with Gasteiger partial charge in [0.1, 0.15) is 0 Å². The number of hydrogen-bond acceptors (Lipinski definition) is 2. The third kappa shape index (κ3) is 3.97. The molecule has 4 heteroatoms. The fraction of sp³-hybridized carbons (Fsp3) is 0.562. The van der Waals surface area contributed by atoms with Crippen molar-refractivity contribution in [2.45, 2.75) is 32.6 Å². The van der Waals surface area contributed by atoms with Gasteiger partial charge in [0.05, 0.1) is 5.92 Å². The first-order valence-electron chi connectivity index (χ1n) is 7.07. The summed E-state index contributed by atoms with van der Waals surface area (Å²) >= 11 is 0. The third-order valence-electron chi connectivity index (χ3n) is 4.16. The Morgan fingerprint density at radius 3 is 2.30 bits per heavy atom. The molecule has 0 aromatic heterocycles. The fourth-order valence-corrected chi connectivity index (χ4v) is 2.62. The Morgan fingerprint density at radius 2 is 1.80 bits per heavy atom. The summed E-state index contributed by atoms with van der Waals surface area (Å²) in [5, 5.41) is 0. The third-order valence-corrected chi connectivity index (χ3v) is 4.16. The fourth-order valence-electron chi connectivity index (χ4n) is 2.62. The zero-order valence-electron chi connectivity index (χ0n) is 12.3. The van der Waals surface area contributed by atoms with E-state index in [0.717, 1.165) is 31.5 Å². The molecule has 2 N–H and O–H groups in total. The smallest absolute Gasteiger partial charge is 0.231 e. The van der Waals surface area contributed by atoms with E-state index >= 15 is 0 Å². The van der Waals surface area contributed by atoms with Crippen molar-refractivity contribution in [2.24, 2.45) is 11.1 Å². The quantitative estimate of drug-likeness (QED) is 0.932. The number of piperidine rings is 1. The Morgan fingerprint density at radius 1 is 1.25 bits per heavy atom. The molecule has 1 aliphatic heterocycles. The second-order valence-electron chi connectivity index (χ2n) is 6.19. The van der Waals surface area contributed by atoms with E-state index in [1.54, 1.807) is 0 Å². The molecule has 1 saturated heterocycles. The number of rotatable bonds is 3. The lowest BCUT2D eigenvalue weighted by Crippen LogP contribution is -2.44. The average molecular weight is 297 g/mol. The van der Waals surface area contributed by atoms with Crippen molar-refractivity contribution in [3.8, 4) is 0 Å². The van der Waals surface area contributed by atoms with Gasteiger partial charge in [0.2, 0.25) is 5.91 Å². The molecule has 0 bridgehead atoms. The topological polar surface area (TPSA) is 46.3 Å². The van der Waals surface area contributed by atoms with Gasteiger partial charge in [-0.15, -0.1) is 12.4 Å². The maximum absolute atomic E-state index is 12.6. The molecule has 112 valence electrons. The summed E-state index contributed by atoms with van der Waals surface area (Å²) in [4.78, 5) is 14.6. The van der Waals surface area contributed by atoms with E-state index in [1.165, 1.54) is 0 Å². The molecule has 1 aliphatic rings. The van der Waals surface area contributed by atoms with Gasteiger partial charge in [-0.05, 0) is 23.8 Å². The van der Waals surface area contributed by atoms with Crippen molar-refractivity contribution in [1.82, 2.24) is 4.90 Å². The lowest BCUT2D eigenvalue weighted by atomic mass is 9.82. The Balaban J connectivity index is 0.00000200. The molecule has 1 unspecified atom stereocenters. The molecule has 1 aromatic rings. The Hall–Kier alpha value is -1.06. The lowest BCUT2D eigenvalue weighted by molar-refractivity contribution is -0.134. The van der Waals surface area contributed by atoms with Crippen LogP contribution in [0.1, 0.15) is 38.2 Å². The standard InChI is InChI=1S/C16H24N2O.ClH/c1-16(2)8-10-18(11-9-16)15(19)14(12-17)13-6-4-3-5-7-13;/h3-7,14H,8-12,17H2,1-2H3;1H. The lowest BCUT2D eigenvalue weighted by Gasteiger charge is -2.38. The van der Waals surface area contributed by atoms with Crippen LogP contribution in [0.2, 0.25) is 0 Å². The molecule has 0 saturated carbocycles. The van der Waals surface area contributed by atoms with Gasteiger partial charge >= 0.3 is 0 Å². The van der Waals surface area contributed by atoms with Gasteiger partial charge in [0.25, 0.3) is 0 Å². The van der Waals surface area contributed by atoms with Crippen LogP contribution in [-0.2, 0) is 4.79 Å². The summed E-state index contributed by atoms with van der Waals surface area (Å²) in [6, 6.07) is 9.87. The highest BCUT2D eigenvalue weighted by Crippen LogP contribution is 2.31. The molecule has 2 rings (SSSR count). The van der Waals surface area contributed by atoms with Gasteiger partial charge in [0, 0.05) is 19.6 Å². The van der Waals surface area contributed by atoms with Gasteiger partial charge in [-0.25, -0.2) is 0 Å². The molecule has 0 spiro atoms. The van der Waals surface area contributed by atoms with E-state index in [2.05, 4.69) is 13.8 Å². The number of carbonyl (C=O) groups excluding carboxylic acids is 1. The summed E-state index contributed by atoms with van der Waals surface area (Å²) in [6.45, 7) is 6.63. The number of hydrogen-bond donors (Lipinski definition) is 1. The summed E-state index contributed by atoms with van der Waals surface area (Å²) in [5.74, 6) is -0.00777. The van der Waals surface area contributed by atoms with Gasteiger partial charge in [0.15, 0.2) is 0 Å².